The molecule has 4 atom stereocenters. The molecule has 0 unspecified atom stereocenters. The van der Waals surface area contributed by atoms with E-state index >= 15 is 0 Å². The molecule has 2 amide bonds. The predicted octanol–water partition coefficient (Wildman–Crippen LogP) is 3.72. The van der Waals surface area contributed by atoms with Gasteiger partial charge in [-0.25, -0.2) is 9.59 Å². The molecule has 0 aliphatic carbocycles. The highest BCUT2D eigenvalue weighted by molar-refractivity contribution is 5.69. The first kappa shape index (κ1) is 32.2. The van der Waals surface area contributed by atoms with Crippen LogP contribution in [0.5, 0.6) is 0 Å². The minimum Gasteiger partial charge on any atom is -0.444 e. The van der Waals surface area contributed by atoms with Gasteiger partial charge in [0.2, 0.25) is 0 Å². The molecule has 36 heavy (non-hydrogen) atoms. The lowest BCUT2D eigenvalue weighted by Crippen LogP contribution is -2.37. The van der Waals surface area contributed by atoms with Crippen molar-refractivity contribution in [2.75, 3.05) is 58.9 Å². The summed E-state index contributed by atoms with van der Waals surface area (Å²) in [6.45, 7) is 24.1. The molecule has 0 aromatic carbocycles. The molecular weight excluding hydrogens is 460 g/mol. The van der Waals surface area contributed by atoms with Crippen LogP contribution in [0.25, 0.3) is 0 Å². The van der Waals surface area contributed by atoms with Gasteiger partial charge in [-0.3, -0.25) is 0 Å². The second-order valence-electron chi connectivity index (χ2n) is 12.1. The lowest BCUT2D eigenvalue weighted by Gasteiger charge is -2.25. The molecule has 4 heterocycles. The molecule has 4 aliphatic heterocycles. The summed E-state index contributed by atoms with van der Waals surface area (Å²) in [6, 6.07) is 0. The molecule has 0 bridgehead atoms. The topological polar surface area (TPSA) is 91.4 Å². The van der Waals surface area contributed by atoms with Crippen molar-refractivity contribution in [1.29, 1.82) is 0 Å². The summed E-state index contributed by atoms with van der Waals surface area (Å²) in [5.41, 5.74) is -0.767. The van der Waals surface area contributed by atoms with Crippen LogP contribution in [0.4, 0.5) is 9.59 Å². The van der Waals surface area contributed by atoms with Gasteiger partial charge in [-0.2, -0.15) is 0 Å². The molecular formula is C27H52N4O5. The average Bonchev–Trinajstić information content (AvgIpc) is 3.45. The SMILES string of the molecule is C.CC(C)(C)OC(=O)N1C[C@H]2CNC[C@H]2C1.CC=O.CCN1C[C@@H]2CN(C(=O)OC(C)(C)C)C[C@@H]2C1. The Kier molecular flexibility index (Phi) is 12.2. The number of rotatable bonds is 1. The van der Waals surface area contributed by atoms with Crippen molar-refractivity contribution in [2.24, 2.45) is 23.7 Å². The minimum absolute atomic E-state index is 0. The average molecular weight is 513 g/mol. The van der Waals surface area contributed by atoms with Gasteiger partial charge in [0, 0.05) is 52.4 Å². The first-order valence-corrected chi connectivity index (χ1v) is 13.0. The smallest absolute Gasteiger partial charge is 0.410 e. The Hall–Kier alpha value is -1.87. The first-order valence-electron chi connectivity index (χ1n) is 13.0. The van der Waals surface area contributed by atoms with Crippen LogP contribution in [0.15, 0.2) is 0 Å². The molecule has 9 nitrogen and oxygen atoms in total. The zero-order valence-corrected chi connectivity index (χ0v) is 23.1. The molecule has 0 saturated carbocycles. The van der Waals surface area contributed by atoms with Crippen LogP contribution in [-0.4, -0.2) is 103 Å². The molecule has 0 radical (unpaired) electrons. The Morgan fingerprint density at radius 2 is 1.11 bits per heavy atom. The summed E-state index contributed by atoms with van der Waals surface area (Å²) >= 11 is 0. The number of carbonyl (C=O) groups excluding carboxylic acids is 3. The van der Waals surface area contributed by atoms with Crippen LogP contribution in [0, 0.1) is 23.7 Å². The zero-order valence-electron chi connectivity index (χ0n) is 23.1. The summed E-state index contributed by atoms with van der Waals surface area (Å²) < 4.78 is 10.8. The number of hydrogen-bond donors (Lipinski definition) is 1. The maximum atomic E-state index is 11.9. The van der Waals surface area contributed by atoms with E-state index in [0.717, 1.165) is 65.2 Å². The normalized spacial score (nSPS) is 27.0. The van der Waals surface area contributed by atoms with Crippen molar-refractivity contribution < 1.29 is 23.9 Å². The Bertz CT molecular complexity index is 692. The van der Waals surface area contributed by atoms with Gasteiger partial charge in [0.15, 0.2) is 0 Å². The van der Waals surface area contributed by atoms with E-state index in [2.05, 4.69) is 17.1 Å². The third-order valence-electron chi connectivity index (χ3n) is 6.70. The van der Waals surface area contributed by atoms with Gasteiger partial charge < -0.3 is 34.3 Å². The third kappa shape index (κ3) is 9.88. The van der Waals surface area contributed by atoms with E-state index in [0.29, 0.717) is 23.7 Å². The van der Waals surface area contributed by atoms with E-state index in [-0.39, 0.29) is 30.8 Å². The molecule has 4 saturated heterocycles. The first-order chi connectivity index (χ1) is 16.3. The molecule has 210 valence electrons. The molecule has 4 fully saturated rings. The lowest BCUT2D eigenvalue weighted by molar-refractivity contribution is -0.106. The van der Waals surface area contributed by atoms with Crippen molar-refractivity contribution >= 4 is 18.5 Å². The summed E-state index contributed by atoms with van der Waals surface area (Å²) in [7, 11) is 0. The van der Waals surface area contributed by atoms with E-state index in [1.54, 1.807) is 0 Å². The van der Waals surface area contributed by atoms with Crippen LogP contribution < -0.4 is 5.32 Å². The van der Waals surface area contributed by atoms with Gasteiger partial charge in [-0.05, 0) is 78.7 Å². The van der Waals surface area contributed by atoms with Crippen LogP contribution in [0.3, 0.4) is 0 Å². The molecule has 0 aromatic rings. The largest absolute Gasteiger partial charge is 0.444 e. The summed E-state index contributed by atoms with van der Waals surface area (Å²) in [4.78, 5) is 38.7. The van der Waals surface area contributed by atoms with E-state index in [1.165, 1.54) is 6.92 Å². The molecule has 4 aliphatic rings. The quantitative estimate of drug-likeness (QED) is 0.536. The number of aldehydes is 1. The predicted molar refractivity (Wildman–Crippen MR) is 143 cm³/mol. The fourth-order valence-electron chi connectivity index (χ4n) is 5.15. The molecule has 0 spiro atoms. The number of ether oxygens (including phenoxy) is 2. The van der Waals surface area contributed by atoms with Gasteiger partial charge in [-0.15, -0.1) is 0 Å². The number of likely N-dealkylation sites (tertiary alicyclic amines) is 3. The molecule has 9 heteroatoms. The second kappa shape index (κ2) is 13.6. The summed E-state index contributed by atoms with van der Waals surface area (Å²) in [5, 5.41) is 3.35. The maximum absolute atomic E-state index is 11.9. The van der Waals surface area contributed by atoms with Crippen LogP contribution in [-0.2, 0) is 14.3 Å². The fraction of sp³-hybridized carbons (Fsp3) is 0.889. The number of carbonyl (C=O) groups is 3. The van der Waals surface area contributed by atoms with Crippen molar-refractivity contribution in [3.05, 3.63) is 0 Å². The number of amides is 2. The standard InChI is InChI=1S/C13H24N2O2.C11H20N2O2.C2H4O.CH4/c1-5-14-6-10-8-15(9-11(10)7-14)12(16)17-13(2,3)4;1-11(2,3)15-10(14)13-6-8-4-12-5-9(8)7-13;1-2-3;/h10-11H,5-9H2,1-4H3;8-9,12H,4-7H2,1-3H3;2H,1H3;1H4/t10-,11+;8-,9+;;. The van der Waals surface area contributed by atoms with Gasteiger partial charge >= 0.3 is 12.2 Å². The number of hydrogen-bond acceptors (Lipinski definition) is 7. The number of nitrogens with zero attached hydrogens (tertiary/aromatic N) is 3. The van der Waals surface area contributed by atoms with Crippen LogP contribution in [0.2, 0.25) is 0 Å². The summed E-state index contributed by atoms with van der Waals surface area (Å²) in [6.07, 6.45) is 0.451. The van der Waals surface area contributed by atoms with Crippen LogP contribution in [0.1, 0.15) is 62.8 Å². The molecule has 0 aromatic heterocycles. The van der Waals surface area contributed by atoms with Gasteiger partial charge in [0.05, 0.1) is 0 Å². The molecule has 4 rings (SSSR count). The van der Waals surface area contributed by atoms with Crippen molar-refractivity contribution in [3.8, 4) is 0 Å². The lowest BCUT2D eigenvalue weighted by atomic mass is 10.0. The fourth-order valence-corrected chi connectivity index (χ4v) is 5.15. The Morgan fingerprint density at radius 1 is 0.778 bits per heavy atom. The van der Waals surface area contributed by atoms with E-state index in [1.807, 2.05) is 51.3 Å². The Balaban J connectivity index is 0.000000319. The monoisotopic (exact) mass is 512 g/mol. The minimum atomic E-state index is -0.385. The maximum Gasteiger partial charge on any atom is 0.410 e. The van der Waals surface area contributed by atoms with E-state index < -0.39 is 0 Å². The van der Waals surface area contributed by atoms with Crippen LogP contribution >= 0.6 is 0 Å². The Labute approximate surface area is 219 Å². The Morgan fingerprint density at radius 3 is 1.42 bits per heavy atom. The zero-order chi connectivity index (χ0) is 26.4. The highest BCUT2D eigenvalue weighted by Crippen LogP contribution is 2.31. The second-order valence-corrected chi connectivity index (χ2v) is 12.1. The van der Waals surface area contributed by atoms with Crippen molar-refractivity contribution in [1.82, 2.24) is 20.0 Å². The number of nitrogens with one attached hydrogen (secondary N) is 1. The van der Waals surface area contributed by atoms with Gasteiger partial charge in [0.25, 0.3) is 0 Å². The van der Waals surface area contributed by atoms with Gasteiger partial charge in [0.1, 0.15) is 17.5 Å². The van der Waals surface area contributed by atoms with Gasteiger partial charge in [-0.1, -0.05) is 14.4 Å². The van der Waals surface area contributed by atoms with Crippen molar-refractivity contribution in [2.45, 2.75) is 74.0 Å². The highest BCUT2D eigenvalue weighted by Gasteiger charge is 2.42. The number of fused-ring (bicyclic) bond motifs is 2. The van der Waals surface area contributed by atoms with E-state index in [4.69, 9.17) is 14.3 Å². The van der Waals surface area contributed by atoms with Crippen molar-refractivity contribution in [3.63, 3.8) is 0 Å². The summed E-state index contributed by atoms with van der Waals surface area (Å²) in [5.74, 6) is 2.58. The highest BCUT2D eigenvalue weighted by atomic mass is 16.6. The van der Waals surface area contributed by atoms with E-state index in [9.17, 15) is 9.59 Å². The third-order valence-corrected chi connectivity index (χ3v) is 6.70. The molecule has 1 N–H and O–H groups in total.